The summed E-state index contributed by atoms with van der Waals surface area (Å²) in [6.45, 7) is 11.6. The molecule has 0 aliphatic carbocycles. The van der Waals surface area contributed by atoms with Crippen molar-refractivity contribution in [1.29, 1.82) is 0 Å². The van der Waals surface area contributed by atoms with Gasteiger partial charge in [0.05, 0.1) is 0 Å². The zero-order chi connectivity index (χ0) is 23.5. The summed E-state index contributed by atoms with van der Waals surface area (Å²) >= 11 is 0. The van der Waals surface area contributed by atoms with Gasteiger partial charge in [-0.15, -0.1) is 0 Å². The van der Waals surface area contributed by atoms with Gasteiger partial charge in [0.15, 0.2) is 0 Å². The molecule has 1 unspecified atom stereocenters. The molecule has 0 aliphatic heterocycles. The van der Waals surface area contributed by atoms with Crippen LogP contribution in [-0.4, -0.2) is 51.1 Å². The van der Waals surface area contributed by atoms with Crippen molar-refractivity contribution in [3.63, 3.8) is 0 Å². The normalized spacial score (nSPS) is 15.0. The van der Waals surface area contributed by atoms with Gasteiger partial charge >= 0.3 is 0 Å². The van der Waals surface area contributed by atoms with E-state index in [0.29, 0.717) is 5.92 Å². The van der Waals surface area contributed by atoms with Crippen LogP contribution in [0.15, 0.2) is 47.1 Å². The molecule has 0 fully saturated rings. The number of rotatable bonds is 18. The molecule has 0 saturated carbocycles. The van der Waals surface area contributed by atoms with Gasteiger partial charge in [0.1, 0.15) is 0 Å². The van der Waals surface area contributed by atoms with E-state index in [1.54, 1.807) is 5.57 Å². The first-order chi connectivity index (χ1) is 14.7. The first-order valence-electron chi connectivity index (χ1n) is 12.6. The summed E-state index contributed by atoms with van der Waals surface area (Å²) < 4.78 is 0. The van der Waals surface area contributed by atoms with Crippen LogP contribution in [-0.2, 0) is 0 Å². The van der Waals surface area contributed by atoms with Gasteiger partial charge in [-0.3, -0.25) is 0 Å². The summed E-state index contributed by atoms with van der Waals surface area (Å²) in [5.74, 6) is 0.703. The molecule has 0 aromatic carbocycles. The Kier molecular flexibility index (Phi) is 18.9. The molecule has 0 rings (SSSR count). The standard InChI is InChI=1S/C29H54N2/c1-26(17-10-12-19-28(3)22-14-24-30(5)6)16-9-11-18-27(2)20-13-21-29(4)23-15-25-31(7)8/h12,16,18-19,21,28H,9-11,13-15,17,20,22-25H2,1-8H3/b19-12+,26-16+,27-18+,29-21+. The highest BCUT2D eigenvalue weighted by molar-refractivity contribution is 5.05. The molecule has 2 nitrogen and oxygen atoms in total. The zero-order valence-corrected chi connectivity index (χ0v) is 22.3. The first-order valence-corrected chi connectivity index (χ1v) is 12.6. The van der Waals surface area contributed by atoms with E-state index in [9.17, 15) is 0 Å². The van der Waals surface area contributed by atoms with Gasteiger partial charge < -0.3 is 9.80 Å². The molecular weight excluding hydrogens is 376 g/mol. The molecule has 0 radical (unpaired) electrons. The topological polar surface area (TPSA) is 6.48 Å². The van der Waals surface area contributed by atoms with Crippen LogP contribution < -0.4 is 0 Å². The molecule has 0 heterocycles. The molecule has 0 aromatic heterocycles. The lowest BCUT2D eigenvalue weighted by Gasteiger charge is -2.10. The fourth-order valence-electron chi connectivity index (χ4n) is 3.65. The summed E-state index contributed by atoms with van der Waals surface area (Å²) in [6.07, 6.45) is 24.3. The van der Waals surface area contributed by atoms with E-state index in [1.165, 1.54) is 88.4 Å². The van der Waals surface area contributed by atoms with Crippen LogP contribution in [0.25, 0.3) is 0 Å². The number of unbranched alkanes of at least 4 members (excludes halogenated alkanes) is 1. The number of nitrogens with zero attached hydrogens (tertiary/aromatic N) is 2. The molecule has 0 saturated heterocycles. The maximum atomic E-state index is 2.44. The molecule has 0 amide bonds. The first kappa shape index (κ1) is 29.9. The Bertz CT molecular complexity index is 549. The Hall–Kier alpha value is -1.12. The largest absolute Gasteiger partial charge is 0.309 e. The highest BCUT2D eigenvalue weighted by Crippen LogP contribution is 2.14. The Balaban J connectivity index is 3.93. The minimum atomic E-state index is 0.703. The third-order valence-electron chi connectivity index (χ3n) is 5.79. The van der Waals surface area contributed by atoms with Gasteiger partial charge in [-0.2, -0.15) is 0 Å². The van der Waals surface area contributed by atoms with Crippen LogP contribution in [0, 0.1) is 5.92 Å². The highest BCUT2D eigenvalue weighted by atomic mass is 15.0. The fraction of sp³-hybridized carbons (Fsp3) is 0.724. The Labute approximate surface area is 196 Å². The third-order valence-corrected chi connectivity index (χ3v) is 5.79. The minimum Gasteiger partial charge on any atom is -0.309 e. The van der Waals surface area contributed by atoms with Crippen molar-refractivity contribution in [3.05, 3.63) is 47.1 Å². The van der Waals surface area contributed by atoms with Crippen molar-refractivity contribution in [1.82, 2.24) is 9.80 Å². The minimum absolute atomic E-state index is 0.703. The molecular formula is C29H54N2. The van der Waals surface area contributed by atoms with E-state index in [2.05, 4.69) is 96.1 Å². The molecule has 0 aromatic rings. The van der Waals surface area contributed by atoms with Crippen molar-refractivity contribution in [2.45, 2.75) is 91.9 Å². The number of allylic oxidation sites excluding steroid dienone is 8. The smallest absolute Gasteiger partial charge is 0.00218 e. The van der Waals surface area contributed by atoms with Crippen LogP contribution in [0.2, 0.25) is 0 Å². The van der Waals surface area contributed by atoms with E-state index in [4.69, 9.17) is 0 Å². The van der Waals surface area contributed by atoms with Crippen molar-refractivity contribution in [2.75, 3.05) is 41.3 Å². The monoisotopic (exact) mass is 430 g/mol. The maximum absolute atomic E-state index is 2.44. The Morgan fingerprint density at radius 1 is 0.645 bits per heavy atom. The molecule has 0 N–H and O–H groups in total. The van der Waals surface area contributed by atoms with Gasteiger partial charge in [-0.25, -0.2) is 0 Å². The summed E-state index contributed by atoms with van der Waals surface area (Å²) in [4.78, 5) is 4.54. The van der Waals surface area contributed by atoms with E-state index in [0.717, 1.165) is 0 Å². The molecule has 0 spiro atoms. The maximum Gasteiger partial charge on any atom is -0.00218 e. The summed E-state index contributed by atoms with van der Waals surface area (Å²) in [5, 5.41) is 0. The number of hydrogen-bond acceptors (Lipinski definition) is 2. The average Bonchev–Trinajstić information content (AvgIpc) is 2.68. The van der Waals surface area contributed by atoms with Crippen molar-refractivity contribution < 1.29 is 0 Å². The molecule has 180 valence electrons. The molecule has 31 heavy (non-hydrogen) atoms. The lowest BCUT2D eigenvalue weighted by molar-refractivity contribution is 0.384. The van der Waals surface area contributed by atoms with Gasteiger partial charge in [0.25, 0.3) is 0 Å². The predicted molar refractivity (Wildman–Crippen MR) is 143 cm³/mol. The summed E-state index contributed by atoms with van der Waals surface area (Å²) in [6, 6.07) is 0. The molecule has 1 atom stereocenters. The summed E-state index contributed by atoms with van der Waals surface area (Å²) in [5.41, 5.74) is 4.62. The highest BCUT2D eigenvalue weighted by Gasteiger charge is 1.98. The third kappa shape index (κ3) is 21.9. The van der Waals surface area contributed by atoms with Crippen molar-refractivity contribution in [2.24, 2.45) is 5.92 Å². The van der Waals surface area contributed by atoms with Crippen molar-refractivity contribution in [3.8, 4) is 0 Å². The van der Waals surface area contributed by atoms with Crippen LogP contribution >= 0.6 is 0 Å². The lowest BCUT2D eigenvalue weighted by atomic mass is 10.0. The van der Waals surface area contributed by atoms with Gasteiger partial charge in [-0.05, 0) is 132 Å². The quantitative estimate of drug-likeness (QED) is 0.160. The van der Waals surface area contributed by atoms with Crippen LogP contribution in [0.5, 0.6) is 0 Å². The van der Waals surface area contributed by atoms with Crippen LogP contribution in [0.1, 0.15) is 91.9 Å². The Morgan fingerprint density at radius 2 is 1.13 bits per heavy atom. The molecule has 2 heteroatoms. The number of hydrogen-bond donors (Lipinski definition) is 0. The van der Waals surface area contributed by atoms with Crippen LogP contribution in [0.3, 0.4) is 0 Å². The predicted octanol–water partition coefficient (Wildman–Crippen LogP) is 8.04. The molecule has 0 aliphatic rings. The lowest BCUT2D eigenvalue weighted by Crippen LogP contribution is -2.13. The van der Waals surface area contributed by atoms with Gasteiger partial charge in [0, 0.05) is 0 Å². The summed E-state index contributed by atoms with van der Waals surface area (Å²) in [7, 11) is 8.61. The van der Waals surface area contributed by atoms with E-state index < -0.39 is 0 Å². The van der Waals surface area contributed by atoms with Crippen LogP contribution in [0.4, 0.5) is 0 Å². The second kappa shape index (κ2) is 19.6. The second-order valence-electron chi connectivity index (χ2n) is 10.1. The second-order valence-corrected chi connectivity index (χ2v) is 10.1. The molecule has 0 bridgehead atoms. The fourth-order valence-corrected chi connectivity index (χ4v) is 3.65. The van der Waals surface area contributed by atoms with E-state index in [-0.39, 0.29) is 0 Å². The average molecular weight is 431 g/mol. The SMILES string of the molecule is C/C(=C\CC/C=C(\C)CC/C=C(\C)CCCN(C)C)CC/C=C/C(C)CCCN(C)C. The Morgan fingerprint density at radius 3 is 1.71 bits per heavy atom. The zero-order valence-electron chi connectivity index (χ0n) is 22.3. The van der Waals surface area contributed by atoms with E-state index in [1.807, 2.05) is 0 Å². The van der Waals surface area contributed by atoms with Gasteiger partial charge in [-0.1, -0.05) is 54.0 Å². The van der Waals surface area contributed by atoms with Gasteiger partial charge in [0.2, 0.25) is 0 Å². The van der Waals surface area contributed by atoms with Crippen molar-refractivity contribution >= 4 is 0 Å². The van der Waals surface area contributed by atoms with E-state index >= 15 is 0 Å².